The molecule has 0 atom stereocenters. The van der Waals surface area contributed by atoms with Crippen LogP contribution in [-0.2, 0) is 17.8 Å². The van der Waals surface area contributed by atoms with Gasteiger partial charge >= 0.3 is 0 Å². The van der Waals surface area contributed by atoms with Crippen molar-refractivity contribution in [2.75, 3.05) is 40.4 Å². The summed E-state index contributed by atoms with van der Waals surface area (Å²) in [6.45, 7) is 10.2. The van der Waals surface area contributed by atoms with Gasteiger partial charge in [-0.1, -0.05) is 44.5 Å². The molecule has 1 fully saturated rings. The molecule has 0 bridgehead atoms. The molecule has 0 aromatic heterocycles. The third kappa shape index (κ3) is 7.87. The van der Waals surface area contributed by atoms with Gasteiger partial charge in [0, 0.05) is 40.4 Å². The van der Waals surface area contributed by atoms with Crippen LogP contribution in [0.15, 0.2) is 29.3 Å². The van der Waals surface area contributed by atoms with E-state index in [0.29, 0.717) is 5.41 Å². The van der Waals surface area contributed by atoms with Crippen molar-refractivity contribution in [3.8, 4) is 0 Å². The molecule has 1 aromatic carbocycles. The lowest BCUT2D eigenvalue weighted by atomic mass is 9.67. The Morgan fingerprint density at radius 3 is 2.46 bits per heavy atom. The first-order valence-electron chi connectivity index (χ1n) is 10.4. The predicted molar refractivity (Wildman–Crippen MR) is 129 cm³/mol. The lowest BCUT2D eigenvalue weighted by Gasteiger charge is -2.42. The second-order valence-corrected chi connectivity index (χ2v) is 7.66. The topological polar surface area (TPSA) is 48.9 Å². The fourth-order valence-corrected chi connectivity index (χ4v) is 3.73. The number of benzene rings is 1. The van der Waals surface area contributed by atoms with Crippen LogP contribution in [0.2, 0.25) is 0 Å². The minimum Gasteiger partial charge on any atom is -0.385 e. The van der Waals surface area contributed by atoms with Gasteiger partial charge in [-0.15, -0.1) is 24.0 Å². The Kier molecular flexibility index (Phi) is 12.0. The number of hydrogen-bond acceptors (Lipinski definition) is 3. The SMILES string of the molecule is CCN(CC)Cc1cccc(CNC(=NC)NCC2(CCOC)CCC2)c1.I. The van der Waals surface area contributed by atoms with Crippen molar-refractivity contribution in [2.45, 2.75) is 52.6 Å². The highest BCUT2D eigenvalue weighted by atomic mass is 127. The second-order valence-electron chi connectivity index (χ2n) is 7.66. The smallest absolute Gasteiger partial charge is 0.191 e. The van der Waals surface area contributed by atoms with Gasteiger partial charge in [0.2, 0.25) is 0 Å². The molecule has 0 heterocycles. The first kappa shape index (κ1) is 25.2. The van der Waals surface area contributed by atoms with Crippen LogP contribution in [0.5, 0.6) is 0 Å². The number of ether oxygens (including phenoxy) is 1. The molecule has 0 spiro atoms. The van der Waals surface area contributed by atoms with Crippen molar-refractivity contribution < 1.29 is 4.74 Å². The zero-order valence-electron chi connectivity index (χ0n) is 18.1. The van der Waals surface area contributed by atoms with E-state index in [2.05, 4.69) is 58.6 Å². The first-order chi connectivity index (χ1) is 13.1. The third-order valence-corrected chi connectivity index (χ3v) is 5.86. The molecule has 160 valence electrons. The van der Waals surface area contributed by atoms with E-state index in [1.165, 1.54) is 30.4 Å². The summed E-state index contributed by atoms with van der Waals surface area (Å²) in [5, 5.41) is 7.00. The molecule has 0 unspecified atom stereocenters. The molecule has 6 heteroatoms. The van der Waals surface area contributed by atoms with Crippen molar-refractivity contribution in [1.29, 1.82) is 0 Å². The molecular formula is C22H39IN4O. The minimum atomic E-state index is 0. The molecular weight excluding hydrogens is 463 g/mol. The van der Waals surface area contributed by atoms with Gasteiger partial charge in [0.05, 0.1) is 0 Å². The number of aliphatic imine (C=N–C) groups is 1. The Bertz CT molecular complexity index is 586. The van der Waals surface area contributed by atoms with Crippen molar-refractivity contribution >= 4 is 29.9 Å². The quantitative estimate of drug-likeness (QED) is 0.273. The summed E-state index contributed by atoms with van der Waals surface area (Å²) >= 11 is 0. The van der Waals surface area contributed by atoms with Crippen LogP contribution >= 0.6 is 24.0 Å². The Hall–Kier alpha value is -0.860. The molecule has 5 nitrogen and oxygen atoms in total. The van der Waals surface area contributed by atoms with Crippen molar-refractivity contribution in [2.24, 2.45) is 10.4 Å². The number of rotatable bonds is 11. The van der Waals surface area contributed by atoms with E-state index in [1.54, 1.807) is 7.11 Å². The first-order valence-corrected chi connectivity index (χ1v) is 10.4. The summed E-state index contributed by atoms with van der Waals surface area (Å²) in [6.07, 6.45) is 5.03. The van der Waals surface area contributed by atoms with E-state index in [9.17, 15) is 0 Å². The summed E-state index contributed by atoms with van der Waals surface area (Å²) in [7, 11) is 3.63. The highest BCUT2D eigenvalue weighted by Gasteiger charge is 2.36. The van der Waals surface area contributed by atoms with Crippen LogP contribution in [0, 0.1) is 5.41 Å². The number of nitrogens with one attached hydrogen (secondary N) is 2. The second kappa shape index (κ2) is 13.4. The largest absolute Gasteiger partial charge is 0.385 e. The summed E-state index contributed by atoms with van der Waals surface area (Å²) in [4.78, 5) is 6.83. The Balaban J connectivity index is 0.00000392. The van der Waals surface area contributed by atoms with E-state index in [0.717, 1.165) is 51.7 Å². The molecule has 1 saturated carbocycles. The number of methoxy groups -OCH3 is 1. The van der Waals surface area contributed by atoms with E-state index in [1.807, 2.05) is 7.05 Å². The van der Waals surface area contributed by atoms with Gasteiger partial charge in [-0.3, -0.25) is 9.89 Å². The molecule has 0 aliphatic heterocycles. The minimum absolute atomic E-state index is 0. The molecule has 0 amide bonds. The van der Waals surface area contributed by atoms with E-state index in [4.69, 9.17) is 4.74 Å². The van der Waals surface area contributed by atoms with Gasteiger partial charge in [0.15, 0.2) is 5.96 Å². The molecule has 1 aromatic rings. The van der Waals surface area contributed by atoms with Crippen LogP contribution in [0.3, 0.4) is 0 Å². The monoisotopic (exact) mass is 502 g/mol. The Morgan fingerprint density at radius 1 is 1.18 bits per heavy atom. The van der Waals surface area contributed by atoms with E-state index >= 15 is 0 Å². The van der Waals surface area contributed by atoms with Crippen molar-refractivity contribution in [3.05, 3.63) is 35.4 Å². The van der Waals surface area contributed by atoms with Crippen LogP contribution in [0.4, 0.5) is 0 Å². The average Bonchev–Trinajstić information content (AvgIpc) is 2.67. The van der Waals surface area contributed by atoms with Crippen molar-refractivity contribution in [3.63, 3.8) is 0 Å². The number of nitrogens with zero attached hydrogens (tertiary/aromatic N) is 2. The van der Waals surface area contributed by atoms with Gasteiger partial charge in [-0.05, 0) is 48.9 Å². The summed E-state index contributed by atoms with van der Waals surface area (Å²) in [6, 6.07) is 8.84. The Morgan fingerprint density at radius 2 is 1.89 bits per heavy atom. The predicted octanol–water partition coefficient (Wildman–Crippen LogP) is 4.02. The normalized spacial score (nSPS) is 15.7. The molecule has 1 aliphatic carbocycles. The van der Waals surface area contributed by atoms with Gasteiger partial charge in [0.25, 0.3) is 0 Å². The summed E-state index contributed by atoms with van der Waals surface area (Å²) in [5.41, 5.74) is 3.05. The maximum Gasteiger partial charge on any atom is 0.191 e. The zero-order valence-corrected chi connectivity index (χ0v) is 20.4. The number of guanidine groups is 1. The highest BCUT2D eigenvalue weighted by molar-refractivity contribution is 14.0. The lowest BCUT2D eigenvalue weighted by molar-refractivity contribution is 0.0732. The molecule has 0 radical (unpaired) electrons. The van der Waals surface area contributed by atoms with E-state index < -0.39 is 0 Å². The fraction of sp³-hybridized carbons (Fsp3) is 0.682. The number of halogens is 1. The molecule has 2 N–H and O–H groups in total. The molecule has 2 rings (SSSR count). The third-order valence-electron chi connectivity index (χ3n) is 5.86. The van der Waals surface area contributed by atoms with Gasteiger partial charge < -0.3 is 15.4 Å². The van der Waals surface area contributed by atoms with Crippen LogP contribution in [0.1, 0.15) is 50.7 Å². The molecule has 1 aliphatic rings. The molecule has 0 saturated heterocycles. The van der Waals surface area contributed by atoms with Gasteiger partial charge in [-0.25, -0.2) is 0 Å². The van der Waals surface area contributed by atoms with Gasteiger partial charge in [0.1, 0.15) is 0 Å². The van der Waals surface area contributed by atoms with Crippen LogP contribution in [0.25, 0.3) is 0 Å². The lowest BCUT2D eigenvalue weighted by Crippen LogP contribution is -2.46. The summed E-state index contributed by atoms with van der Waals surface area (Å²) < 4.78 is 5.29. The number of hydrogen-bond donors (Lipinski definition) is 2. The van der Waals surface area contributed by atoms with Crippen LogP contribution in [-0.4, -0.2) is 51.3 Å². The maximum atomic E-state index is 5.29. The fourth-order valence-electron chi connectivity index (χ4n) is 3.73. The van der Waals surface area contributed by atoms with E-state index in [-0.39, 0.29) is 24.0 Å². The average molecular weight is 502 g/mol. The van der Waals surface area contributed by atoms with Gasteiger partial charge in [-0.2, -0.15) is 0 Å². The maximum absolute atomic E-state index is 5.29. The van der Waals surface area contributed by atoms with Crippen molar-refractivity contribution in [1.82, 2.24) is 15.5 Å². The summed E-state index contributed by atoms with van der Waals surface area (Å²) in [5.74, 6) is 0.882. The molecule has 28 heavy (non-hydrogen) atoms. The van der Waals surface area contributed by atoms with Crippen LogP contribution < -0.4 is 10.6 Å². The Labute approximate surface area is 188 Å². The highest BCUT2D eigenvalue weighted by Crippen LogP contribution is 2.43. The zero-order chi connectivity index (χ0) is 19.5. The standard InChI is InChI=1S/C22H38N4O.HI/c1-5-26(6-2)17-20-10-7-9-19(15-20)16-24-21(23-3)25-18-22(11-8-12-22)13-14-27-4;/h7,9-10,15H,5-6,8,11-14,16-18H2,1-4H3,(H2,23,24,25);1H.